The highest BCUT2D eigenvalue weighted by atomic mass is 32.2. The number of nitrogens with zero attached hydrogens (tertiary/aromatic N) is 4. The van der Waals surface area contributed by atoms with Gasteiger partial charge in [0.2, 0.25) is 10.0 Å². The van der Waals surface area contributed by atoms with Crippen LogP contribution < -0.4 is 5.56 Å². The zero-order chi connectivity index (χ0) is 24.7. The average molecular weight is 493 g/mol. The van der Waals surface area contributed by atoms with Gasteiger partial charge in [-0.15, -0.1) is 0 Å². The predicted molar refractivity (Wildman–Crippen MR) is 137 cm³/mol. The Labute approximate surface area is 207 Å². The second-order valence-electron chi connectivity index (χ2n) is 9.73. The van der Waals surface area contributed by atoms with Crippen LogP contribution in [0.4, 0.5) is 0 Å². The molecule has 2 heterocycles. The largest absolute Gasteiger partial charge is 0.303 e. The molecule has 184 valence electrons. The second kappa shape index (κ2) is 9.33. The summed E-state index contributed by atoms with van der Waals surface area (Å²) in [6.07, 6.45) is 3.53. The molecule has 7 nitrogen and oxygen atoms in total. The lowest BCUT2D eigenvalue weighted by molar-refractivity contribution is 0.160. The van der Waals surface area contributed by atoms with E-state index in [-0.39, 0.29) is 11.6 Å². The van der Waals surface area contributed by atoms with Gasteiger partial charge in [0.1, 0.15) is 0 Å². The monoisotopic (exact) mass is 492 g/mol. The Morgan fingerprint density at radius 2 is 1.66 bits per heavy atom. The van der Waals surface area contributed by atoms with Crippen molar-refractivity contribution in [3.8, 4) is 11.3 Å². The fraction of sp³-hybridized carbons (Fsp3) is 0.407. The number of benzene rings is 2. The van der Waals surface area contributed by atoms with Crippen molar-refractivity contribution in [2.24, 2.45) is 7.05 Å². The van der Waals surface area contributed by atoms with Crippen LogP contribution in [-0.4, -0.2) is 54.1 Å². The molecule has 8 heteroatoms. The van der Waals surface area contributed by atoms with Crippen molar-refractivity contribution in [2.75, 3.05) is 26.7 Å². The zero-order valence-corrected chi connectivity index (χ0v) is 21.4. The van der Waals surface area contributed by atoms with E-state index in [1.165, 1.54) is 4.68 Å². The lowest BCUT2D eigenvalue weighted by Gasteiger charge is -2.39. The summed E-state index contributed by atoms with van der Waals surface area (Å²) in [5.74, 6) is 0. The third-order valence-electron chi connectivity index (χ3n) is 7.32. The number of piperazine rings is 1. The minimum absolute atomic E-state index is 0.0495. The first-order chi connectivity index (χ1) is 16.8. The van der Waals surface area contributed by atoms with E-state index in [4.69, 9.17) is 0 Å². The summed E-state index contributed by atoms with van der Waals surface area (Å²) in [5, 5.41) is 4.58. The molecule has 1 aliphatic heterocycles. The molecule has 0 radical (unpaired) electrons. The van der Waals surface area contributed by atoms with E-state index in [0.29, 0.717) is 30.1 Å². The van der Waals surface area contributed by atoms with E-state index in [2.05, 4.69) is 10.00 Å². The molecule has 2 aromatic carbocycles. The molecular weight excluding hydrogens is 460 g/mol. The van der Waals surface area contributed by atoms with E-state index < -0.39 is 10.0 Å². The Bertz CT molecular complexity index is 1420. The van der Waals surface area contributed by atoms with Gasteiger partial charge in [0.15, 0.2) is 0 Å². The lowest BCUT2D eigenvalue weighted by atomic mass is 9.89. The Balaban J connectivity index is 1.61. The summed E-state index contributed by atoms with van der Waals surface area (Å²) in [7, 11) is -0.0772. The minimum atomic E-state index is -3.77. The number of rotatable bonds is 4. The molecule has 3 aromatic rings. The molecule has 0 saturated carbocycles. The molecule has 1 saturated heterocycles. The van der Waals surface area contributed by atoms with Crippen LogP contribution in [0.25, 0.3) is 11.3 Å². The number of fused-ring (bicyclic) bond motifs is 1. The first-order valence-electron chi connectivity index (χ1n) is 12.2. The van der Waals surface area contributed by atoms with E-state index >= 15 is 0 Å². The van der Waals surface area contributed by atoms with Gasteiger partial charge in [-0.05, 0) is 62.4 Å². The number of hydrogen-bond donors (Lipinski definition) is 0. The van der Waals surface area contributed by atoms with Gasteiger partial charge < -0.3 is 4.90 Å². The van der Waals surface area contributed by atoms with Crippen molar-refractivity contribution in [2.45, 2.75) is 43.5 Å². The van der Waals surface area contributed by atoms with Gasteiger partial charge >= 0.3 is 0 Å². The number of aromatic nitrogens is 2. The van der Waals surface area contributed by atoms with Gasteiger partial charge in [0.25, 0.3) is 5.56 Å². The van der Waals surface area contributed by atoms with Crippen LogP contribution in [0.15, 0.2) is 58.2 Å². The minimum Gasteiger partial charge on any atom is -0.303 e. The maximum atomic E-state index is 14.1. The normalized spacial score (nSPS) is 19.5. The van der Waals surface area contributed by atoms with Gasteiger partial charge in [-0.1, -0.05) is 42.5 Å². The van der Waals surface area contributed by atoms with E-state index in [0.717, 1.165) is 53.6 Å². The van der Waals surface area contributed by atoms with Crippen molar-refractivity contribution >= 4 is 10.0 Å². The first-order valence-corrected chi connectivity index (χ1v) is 13.7. The van der Waals surface area contributed by atoms with Crippen LogP contribution in [0.2, 0.25) is 0 Å². The molecule has 0 bridgehead atoms. The fourth-order valence-electron chi connectivity index (χ4n) is 5.37. The Morgan fingerprint density at radius 3 is 2.40 bits per heavy atom. The highest BCUT2D eigenvalue weighted by Gasteiger charge is 2.37. The molecule has 1 atom stereocenters. The fourth-order valence-corrected chi connectivity index (χ4v) is 7.22. The summed E-state index contributed by atoms with van der Waals surface area (Å²) >= 11 is 0. The number of hydrogen-bond acceptors (Lipinski definition) is 5. The average Bonchev–Trinajstić information content (AvgIpc) is 2.87. The van der Waals surface area contributed by atoms with Crippen LogP contribution in [-0.2, 0) is 29.9 Å². The van der Waals surface area contributed by atoms with E-state index in [9.17, 15) is 13.2 Å². The van der Waals surface area contributed by atoms with Gasteiger partial charge in [0.05, 0.1) is 16.6 Å². The number of aryl methyl sites for hydroxylation is 2. The van der Waals surface area contributed by atoms with E-state index in [1.807, 2.05) is 56.4 Å². The van der Waals surface area contributed by atoms with Gasteiger partial charge in [-0.25, -0.2) is 13.1 Å². The standard InChI is InChI=1S/C27H32N4O3S/c1-19-13-14-21(26-22-11-7-8-12-23(22)27(32)30(3)28-26)17-25(19)35(33,34)31-16-15-29(2)18-24(31)20-9-5-4-6-10-20/h4-6,9-10,13-14,17,24H,7-8,11-12,15-16,18H2,1-3H3/t24-/m0/s1. The predicted octanol–water partition coefficient (Wildman–Crippen LogP) is 3.31. The Kier molecular flexibility index (Phi) is 6.38. The van der Waals surface area contributed by atoms with Crippen LogP contribution in [0.1, 0.15) is 41.1 Å². The summed E-state index contributed by atoms with van der Waals surface area (Å²) in [6, 6.07) is 15.1. The lowest BCUT2D eigenvalue weighted by Crippen LogP contribution is -2.49. The van der Waals surface area contributed by atoms with Crippen LogP contribution >= 0.6 is 0 Å². The molecule has 0 unspecified atom stereocenters. The highest BCUT2D eigenvalue weighted by Crippen LogP contribution is 2.35. The highest BCUT2D eigenvalue weighted by molar-refractivity contribution is 7.89. The molecular formula is C27H32N4O3S. The maximum Gasteiger partial charge on any atom is 0.269 e. The third-order valence-corrected chi connectivity index (χ3v) is 9.37. The summed E-state index contributed by atoms with van der Waals surface area (Å²) in [4.78, 5) is 15.2. The molecule has 2 aliphatic rings. The first kappa shape index (κ1) is 23.9. The van der Waals surface area contributed by atoms with Crippen molar-refractivity contribution in [1.82, 2.24) is 19.0 Å². The van der Waals surface area contributed by atoms with Crippen molar-refractivity contribution < 1.29 is 8.42 Å². The molecule has 35 heavy (non-hydrogen) atoms. The Hall–Kier alpha value is -2.81. The number of sulfonamides is 1. The molecule has 5 rings (SSSR count). The van der Waals surface area contributed by atoms with Crippen LogP contribution in [0.5, 0.6) is 0 Å². The smallest absolute Gasteiger partial charge is 0.269 e. The van der Waals surface area contributed by atoms with Crippen LogP contribution in [0.3, 0.4) is 0 Å². The molecule has 0 amide bonds. The van der Waals surface area contributed by atoms with E-state index in [1.54, 1.807) is 17.4 Å². The SMILES string of the molecule is Cc1ccc(-c2nn(C)c(=O)c3c2CCCC3)cc1S(=O)(=O)N1CCN(C)C[C@H]1c1ccccc1. The molecule has 0 N–H and O–H groups in total. The molecule has 1 fully saturated rings. The van der Waals surface area contributed by atoms with Crippen molar-refractivity contribution in [1.29, 1.82) is 0 Å². The van der Waals surface area contributed by atoms with Crippen molar-refractivity contribution in [3.63, 3.8) is 0 Å². The third kappa shape index (κ3) is 4.35. The molecule has 0 spiro atoms. The van der Waals surface area contributed by atoms with Gasteiger partial charge in [-0.2, -0.15) is 9.40 Å². The van der Waals surface area contributed by atoms with Crippen LogP contribution in [0, 0.1) is 6.92 Å². The van der Waals surface area contributed by atoms with Crippen molar-refractivity contribution in [3.05, 3.63) is 81.1 Å². The number of likely N-dealkylation sites (N-methyl/N-ethyl adjacent to an activating group) is 1. The topological polar surface area (TPSA) is 75.5 Å². The van der Waals surface area contributed by atoms with Gasteiger partial charge in [-0.3, -0.25) is 4.79 Å². The molecule has 1 aromatic heterocycles. The maximum absolute atomic E-state index is 14.1. The summed E-state index contributed by atoms with van der Waals surface area (Å²) < 4.78 is 31.3. The zero-order valence-electron chi connectivity index (χ0n) is 20.6. The van der Waals surface area contributed by atoms with Gasteiger partial charge in [0, 0.05) is 37.8 Å². The summed E-state index contributed by atoms with van der Waals surface area (Å²) in [5.41, 5.74) is 4.89. The quantitative estimate of drug-likeness (QED) is 0.559. The second-order valence-corrected chi connectivity index (χ2v) is 11.6. The summed E-state index contributed by atoms with van der Waals surface area (Å²) in [6.45, 7) is 3.58. The Morgan fingerprint density at radius 1 is 0.943 bits per heavy atom. The molecule has 1 aliphatic carbocycles.